The smallest absolute Gasteiger partial charge is 0.256 e. The molecule has 3 N–H and O–H groups in total. The van der Waals surface area contributed by atoms with E-state index in [1.165, 1.54) is 18.0 Å². The van der Waals surface area contributed by atoms with Crippen molar-refractivity contribution < 1.29 is 14.3 Å². The normalized spacial score (nSPS) is 11.6. The van der Waals surface area contributed by atoms with Crippen molar-refractivity contribution in [2.75, 3.05) is 18.7 Å². The zero-order valence-corrected chi connectivity index (χ0v) is 14.6. The van der Waals surface area contributed by atoms with Crippen LogP contribution in [-0.2, 0) is 11.3 Å². The van der Waals surface area contributed by atoms with Crippen molar-refractivity contribution in [2.24, 2.45) is 0 Å². The minimum Gasteiger partial charge on any atom is -0.497 e. The molecule has 0 aliphatic carbocycles. The number of carbonyl (C=O) groups excluding carboxylic acids is 2. The van der Waals surface area contributed by atoms with E-state index in [1.54, 1.807) is 14.0 Å². The molecule has 1 unspecified atom stereocenters. The molecule has 0 aliphatic rings. The summed E-state index contributed by atoms with van der Waals surface area (Å²) in [4.78, 5) is 24.2. The van der Waals surface area contributed by atoms with Gasteiger partial charge in [-0.3, -0.25) is 14.7 Å². The van der Waals surface area contributed by atoms with Crippen LogP contribution in [0.15, 0.2) is 30.5 Å². The Morgan fingerprint density at radius 1 is 1.33 bits per heavy atom. The molecule has 1 heterocycles. The van der Waals surface area contributed by atoms with Crippen molar-refractivity contribution in [3.8, 4) is 5.75 Å². The molecule has 0 bridgehead atoms. The lowest BCUT2D eigenvalue weighted by Crippen LogP contribution is -2.26. The van der Waals surface area contributed by atoms with Gasteiger partial charge in [-0.1, -0.05) is 12.1 Å². The van der Waals surface area contributed by atoms with E-state index in [0.29, 0.717) is 17.9 Å². The van der Waals surface area contributed by atoms with Gasteiger partial charge in [-0.25, -0.2) is 0 Å². The maximum atomic E-state index is 12.3. The van der Waals surface area contributed by atoms with Crippen molar-refractivity contribution in [3.05, 3.63) is 41.6 Å². The molecule has 0 saturated heterocycles. The molecule has 2 amide bonds. The molecular weight excluding hydrogens is 328 g/mol. The number of aromatic amines is 1. The number of carbonyl (C=O) groups is 2. The zero-order valence-electron chi connectivity index (χ0n) is 13.8. The molecule has 7 nitrogen and oxygen atoms in total. The molecule has 0 spiro atoms. The third kappa shape index (κ3) is 4.51. The van der Waals surface area contributed by atoms with Gasteiger partial charge in [-0.2, -0.15) is 16.9 Å². The summed E-state index contributed by atoms with van der Waals surface area (Å²) in [6, 6.07) is 7.40. The van der Waals surface area contributed by atoms with E-state index in [9.17, 15) is 9.59 Å². The molecule has 1 atom stereocenters. The quantitative estimate of drug-likeness (QED) is 0.711. The fourth-order valence-electron chi connectivity index (χ4n) is 1.91. The number of methoxy groups -OCH3 is 1. The second-order valence-corrected chi connectivity index (χ2v) is 6.24. The molecule has 1 aromatic carbocycles. The number of benzene rings is 1. The Labute approximate surface area is 144 Å². The van der Waals surface area contributed by atoms with Gasteiger partial charge in [0.25, 0.3) is 5.91 Å². The molecule has 0 radical (unpaired) electrons. The van der Waals surface area contributed by atoms with Crippen molar-refractivity contribution >= 4 is 29.4 Å². The number of rotatable bonds is 7. The van der Waals surface area contributed by atoms with Crippen LogP contribution in [0, 0.1) is 0 Å². The fraction of sp³-hybridized carbons (Fsp3) is 0.312. The van der Waals surface area contributed by atoms with Crippen molar-refractivity contribution in [3.63, 3.8) is 0 Å². The van der Waals surface area contributed by atoms with Gasteiger partial charge < -0.3 is 15.4 Å². The van der Waals surface area contributed by atoms with Crippen LogP contribution in [0.5, 0.6) is 5.75 Å². The van der Waals surface area contributed by atoms with Gasteiger partial charge in [0, 0.05) is 6.54 Å². The summed E-state index contributed by atoms with van der Waals surface area (Å²) >= 11 is 1.42. The SMILES string of the molecule is COc1ccc(CNC(=O)c2cn[nH]c2NC(=O)C(C)SC)cc1. The molecule has 0 saturated carbocycles. The first-order valence-electron chi connectivity index (χ1n) is 7.33. The lowest BCUT2D eigenvalue weighted by atomic mass is 10.2. The lowest BCUT2D eigenvalue weighted by Gasteiger charge is -2.10. The number of ether oxygens (including phenoxy) is 1. The lowest BCUT2D eigenvalue weighted by molar-refractivity contribution is -0.115. The van der Waals surface area contributed by atoms with Crippen LogP contribution < -0.4 is 15.4 Å². The summed E-state index contributed by atoms with van der Waals surface area (Å²) in [5.41, 5.74) is 1.24. The van der Waals surface area contributed by atoms with Crippen LogP contribution in [0.4, 0.5) is 5.82 Å². The Kier molecular flexibility index (Phi) is 6.25. The topological polar surface area (TPSA) is 96.1 Å². The van der Waals surface area contributed by atoms with Gasteiger partial charge in [-0.05, 0) is 30.9 Å². The van der Waals surface area contributed by atoms with Gasteiger partial charge in [0.15, 0.2) is 0 Å². The van der Waals surface area contributed by atoms with Crippen LogP contribution in [-0.4, -0.2) is 40.6 Å². The van der Waals surface area contributed by atoms with E-state index in [-0.39, 0.29) is 17.1 Å². The summed E-state index contributed by atoms with van der Waals surface area (Å²) in [5, 5.41) is 11.7. The van der Waals surface area contributed by atoms with E-state index in [2.05, 4.69) is 20.8 Å². The van der Waals surface area contributed by atoms with E-state index < -0.39 is 0 Å². The number of aromatic nitrogens is 2. The first kappa shape index (κ1) is 17.9. The average Bonchev–Trinajstić information content (AvgIpc) is 3.07. The largest absolute Gasteiger partial charge is 0.497 e. The van der Waals surface area contributed by atoms with Gasteiger partial charge in [0.2, 0.25) is 5.91 Å². The van der Waals surface area contributed by atoms with E-state index in [0.717, 1.165) is 11.3 Å². The van der Waals surface area contributed by atoms with E-state index >= 15 is 0 Å². The highest BCUT2D eigenvalue weighted by Crippen LogP contribution is 2.15. The maximum absolute atomic E-state index is 12.3. The highest BCUT2D eigenvalue weighted by molar-refractivity contribution is 7.99. The third-order valence-corrected chi connectivity index (χ3v) is 4.39. The molecular formula is C16H20N4O3S. The molecule has 8 heteroatoms. The number of amides is 2. The Bertz CT molecular complexity index is 700. The second-order valence-electron chi connectivity index (χ2n) is 5.06. The molecule has 2 aromatic rings. The van der Waals surface area contributed by atoms with Crippen LogP contribution in [0.1, 0.15) is 22.8 Å². The molecule has 24 heavy (non-hydrogen) atoms. The Morgan fingerprint density at radius 2 is 2.04 bits per heavy atom. The molecule has 0 fully saturated rings. The van der Waals surface area contributed by atoms with Crippen LogP contribution >= 0.6 is 11.8 Å². The number of H-pyrrole nitrogens is 1. The highest BCUT2D eigenvalue weighted by atomic mass is 32.2. The highest BCUT2D eigenvalue weighted by Gasteiger charge is 2.18. The van der Waals surface area contributed by atoms with Gasteiger partial charge in [0.1, 0.15) is 17.1 Å². The van der Waals surface area contributed by atoms with Crippen LogP contribution in [0.2, 0.25) is 0 Å². The summed E-state index contributed by atoms with van der Waals surface area (Å²) in [6.45, 7) is 2.16. The summed E-state index contributed by atoms with van der Waals surface area (Å²) in [5.74, 6) is 0.559. The number of hydrogen-bond acceptors (Lipinski definition) is 5. The number of nitrogens with zero attached hydrogens (tertiary/aromatic N) is 1. The fourth-order valence-corrected chi connectivity index (χ4v) is 2.18. The van der Waals surface area contributed by atoms with Crippen molar-refractivity contribution in [2.45, 2.75) is 18.7 Å². The first-order chi connectivity index (χ1) is 11.5. The Hall–Kier alpha value is -2.48. The Morgan fingerprint density at radius 3 is 2.67 bits per heavy atom. The predicted molar refractivity (Wildman–Crippen MR) is 94.4 cm³/mol. The summed E-state index contributed by atoms with van der Waals surface area (Å²) in [6.07, 6.45) is 3.24. The average molecular weight is 348 g/mol. The van der Waals surface area contributed by atoms with E-state index in [4.69, 9.17) is 4.74 Å². The first-order valence-corrected chi connectivity index (χ1v) is 8.62. The van der Waals surface area contributed by atoms with Crippen LogP contribution in [0.3, 0.4) is 0 Å². The van der Waals surface area contributed by atoms with Gasteiger partial charge in [0.05, 0.1) is 18.6 Å². The number of thioether (sulfide) groups is 1. The number of anilines is 1. The maximum Gasteiger partial charge on any atom is 0.256 e. The standard InChI is InChI=1S/C16H20N4O3S/c1-10(24-3)15(21)19-14-13(9-18-20-14)16(22)17-8-11-4-6-12(23-2)7-5-11/h4-7,9-10H,8H2,1-3H3,(H,17,22)(H2,18,19,20,21). The zero-order chi connectivity index (χ0) is 17.5. The van der Waals surface area contributed by atoms with Gasteiger partial charge in [-0.15, -0.1) is 0 Å². The minimum atomic E-state index is -0.313. The molecule has 1 aromatic heterocycles. The van der Waals surface area contributed by atoms with Gasteiger partial charge >= 0.3 is 0 Å². The molecule has 0 aliphatic heterocycles. The van der Waals surface area contributed by atoms with Crippen LogP contribution in [0.25, 0.3) is 0 Å². The minimum absolute atomic E-state index is 0.184. The monoisotopic (exact) mass is 348 g/mol. The molecule has 2 rings (SSSR count). The number of nitrogens with one attached hydrogen (secondary N) is 3. The van der Waals surface area contributed by atoms with Crippen molar-refractivity contribution in [1.29, 1.82) is 0 Å². The molecule has 128 valence electrons. The van der Waals surface area contributed by atoms with Crippen molar-refractivity contribution in [1.82, 2.24) is 15.5 Å². The summed E-state index contributed by atoms with van der Waals surface area (Å²) in [7, 11) is 1.60. The van der Waals surface area contributed by atoms with E-state index in [1.807, 2.05) is 30.5 Å². The third-order valence-electron chi connectivity index (χ3n) is 3.47. The number of hydrogen-bond donors (Lipinski definition) is 3. The predicted octanol–water partition coefficient (Wildman–Crippen LogP) is 2.04. The summed E-state index contributed by atoms with van der Waals surface area (Å²) < 4.78 is 5.09. The Balaban J connectivity index is 1.97. The second kappa shape index (κ2) is 8.39.